The highest BCUT2D eigenvalue weighted by Crippen LogP contribution is 2.29. The summed E-state index contributed by atoms with van der Waals surface area (Å²) in [5.74, 6) is 0.888. The van der Waals surface area contributed by atoms with E-state index < -0.39 is 0 Å². The van der Waals surface area contributed by atoms with Gasteiger partial charge in [0.1, 0.15) is 5.75 Å². The Kier molecular flexibility index (Phi) is 3.53. The lowest BCUT2D eigenvalue weighted by Crippen LogP contribution is -1.86. The van der Waals surface area contributed by atoms with Crippen LogP contribution in [0.4, 0.5) is 0 Å². The molecule has 0 aliphatic carbocycles. The van der Waals surface area contributed by atoms with Gasteiger partial charge in [-0.25, -0.2) is 0 Å². The summed E-state index contributed by atoms with van der Waals surface area (Å²) in [5.41, 5.74) is 4.97. The number of aryl methyl sites for hydroxylation is 2. The summed E-state index contributed by atoms with van der Waals surface area (Å²) in [4.78, 5) is 0. The van der Waals surface area contributed by atoms with Crippen LogP contribution >= 0.6 is 15.9 Å². The van der Waals surface area contributed by atoms with Crippen LogP contribution in [0.15, 0.2) is 40.9 Å². The molecule has 17 heavy (non-hydrogen) atoms. The van der Waals surface area contributed by atoms with Crippen LogP contribution in [0.5, 0.6) is 5.75 Å². The first-order chi connectivity index (χ1) is 8.11. The van der Waals surface area contributed by atoms with Crippen molar-refractivity contribution in [3.05, 3.63) is 52.0 Å². The quantitative estimate of drug-likeness (QED) is 0.776. The number of hydrogen-bond acceptors (Lipinski definition) is 1. The van der Waals surface area contributed by atoms with E-state index in [0.717, 1.165) is 5.75 Å². The molecule has 0 atom stereocenters. The Balaban J connectivity index is 2.45. The van der Waals surface area contributed by atoms with Gasteiger partial charge < -0.3 is 4.74 Å². The minimum Gasteiger partial charge on any atom is -0.497 e. The zero-order valence-corrected chi connectivity index (χ0v) is 11.8. The van der Waals surface area contributed by atoms with Crippen molar-refractivity contribution in [3.8, 4) is 16.9 Å². The van der Waals surface area contributed by atoms with Crippen LogP contribution in [0.2, 0.25) is 0 Å². The normalized spacial score (nSPS) is 10.4. The van der Waals surface area contributed by atoms with E-state index in [0.29, 0.717) is 0 Å². The highest BCUT2D eigenvalue weighted by Gasteiger charge is 2.04. The van der Waals surface area contributed by atoms with Crippen LogP contribution in [0.25, 0.3) is 11.1 Å². The minimum atomic E-state index is 0.888. The summed E-state index contributed by atoms with van der Waals surface area (Å²) in [6, 6.07) is 12.5. The summed E-state index contributed by atoms with van der Waals surface area (Å²) in [6.45, 7) is 4.23. The molecule has 0 aromatic heterocycles. The second-order valence-corrected chi connectivity index (χ2v) is 4.95. The van der Waals surface area contributed by atoms with Gasteiger partial charge in [-0.05, 0) is 48.2 Å². The Morgan fingerprint density at radius 2 is 1.41 bits per heavy atom. The van der Waals surface area contributed by atoms with Crippen molar-refractivity contribution in [2.75, 3.05) is 7.11 Å². The summed E-state index contributed by atoms with van der Waals surface area (Å²) >= 11 is 3.59. The van der Waals surface area contributed by atoms with Crippen LogP contribution in [0, 0.1) is 13.8 Å². The second kappa shape index (κ2) is 4.92. The van der Waals surface area contributed by atoms with Gasteiger partial charge in [0.25, 0.3) is 0 Å². The van der Waals surface area contributed by atoms with Crippen LogP contribution in [0.1, 0.15) is 11.1 Å². The lowest BCUT2D eigenvalue weighted by molar-refractivity contribution is 0.415. The molecule has 2 aromatic rings. The van der Waals surface area contributed by atoms with Crippen LogP contribution in [-0.2, 0) is 0 Å². The molecule has 1 nitrogen and oxygen atoms in total. The maximum Gasteiger partial charge on any atom is 0.118 e. The van der Waals surface area contributed by atoms with E-state index in [1.165, 1.54) is 26.7 Å². The predicted octanol–water partition coefficient (Wildman–Crippen LogP) is 4.74. The van der Waals surface area contributed by atoms with E-state index in [4.69, 9.17) is 4.74 Å². The fraction of sp³-hybridized carbons (Fsp3) is 0.200. The van der Waals surface area contributed by atoms with Gasteiger partial charge in [0.2, 0.25) is 0 Å². The molecule has 88 valence electrons. The first-order valence-electron chi connectivity index (χ1n) is 5.53. The average Bonchev–Trinajstić information content (AvgIpc) is 2.35. The van der Waals surface area contributed by atoms with Crippen molar-refractivity contribution in [1.82, 2.24) is 0 Å². The molecule has 0 fully saturated rings. The van der Waals surface area contributed by atoms with Crippen LogP contribution in [-0.4, -0.2) is 7.11 Å². The Hall–Kier alpha value is -1.28. The van der Waals surface area contributed by atoms with Crippen molar-refractivity contribution in [3.63, 3.8) is 0 Å². The van der Waals surface area contributed by atoms with Crippen LogP contribution < -0.4 is 4.74 Å². The lowest BCUT2D eigenvalue weighted by Gasteiger charge is -2.09. The van der Waals surface area contributed by atoms with E-state index >= 15 is 0 Å². The lowest BCUT2D eigenvalue weighted by atomic mass is 10.0. The Morgan fingerprint density at radius 3 is 1.88 bits per heavy atom. The standard InChI is InChI=1S/C15H15BrO/c1-10-8-13(9-11(2)15(10)16)12-4-6-14(17-3)7-5-12/h4-9H,1-3H3. The highest BCUT2D eigenvalue weighted by molar-refractivity contribution is 9.10. The van der Waals surface area contributed by atoms with E-state index in [9.17, 15) is 0 Å². The smallest absolute Gasteiger partial charge is 0.118 e. The second-order valence-electron chi connectivity index (χ2n) is 4.15. The van der Waals surface area contributed by atoms with Crippen LogP contribution in [0.3, 0.4) is 0 Å². The van der Waals surface area contributed by atoms with E-state index in [2.05, 4.69) is 54.0 Å². The molecular formula is C15H15BrO. The van der Waals surface area contributed by atoms with Gasteiger partial charge in [0.05, 0.1) is 7.11 Å². The number of ether oxygens (including phenoxy) is 1. The molecule has 0 spiro atoms. The number of hydrogen-bond donors (Lipinski definition) is 0. The number of benzene rings is 2. The number of rotatable bonds is 2. The predicted molar refractivity (Wildman–Crippen MR) is 75.6 cm³/mol. The summed E-state index contributed by atoms with van der Waals surface area (Å²) in [7, 11) is 1.68. The molecule has 2 rings (SSSR count). The number of halogens is 1. The van der Waals surface area contributed by atoms with E-state index in [1.807, 2.05) is 12.1 Å². The molecule has 2 heteroatoms. The van der Waals surface area contributed by atoms with Gasteiger partial charge in [-0.2, -0.15) is 0 Å². The van der Waals surface area contributed by atoms with Gasteiger partial charge in [-0.3, -0.25) is 0 Å². The third-order valence-electron chi connectivity index (χ3n) is 2.86. The Bertz CT molecular complexity index is 506. The molecule has 0 bridgehead atoms. The molecule has 0 N–H and O–H groups in total. The van der Waals surface area contributed by atoms with Crippen molar-refractivity contribution in [2.24, 2.45) is 0 Å². The average molecular weight is 291 g/mol. The third-order valence-corrected chi connectivity index (χ3v) is 4.11. The molecule has 0 radical (unpaired) electrons. The topological polar surface area (TPSA) is 9.23 Å². The first kappa shape index (κ1) is 12.2. The molecule has 0 aliphatic heterocycles. The molecule has 0 aliphatic rings. The third kappa shape index (κ3) is 2.52. The van der Waals surface area contributed by atoms with Crippen molar-refractivity contribution in [2.45, 2.75) is 13.8 Å². The Labute approximate surface area is 111 Å². The minimum absolute atomic E-state index is 0.888. The maximum atomic E-state index is 5.16. The molecule has 0 heterocycles. The first-order valence-corrected chi connectivity index (χ1v) is 6.32. The van der Waals surface area contributed by atoms with Gasteiger partial charge in [0, 0.05) is 4.47 Å². The van der Waals surface area contributed by atoms with Gasteiger partial charge >= 0.3 is 0 Å². The fourth-order valence-corrected chi connectivity index (χ4v) is 2.12. The Morgan fingerprint density at radius 1 is 0.882 bits per heavy atom. The summed E-state index contributed by atoms with van der Waals surface area (Å²) in [6.07, 6.45) is 0. The SMILES string of the molecule is COc1ccc(-c2cc(C)c(Br)c(C)c2)cc1. The van der Waals surface area contributed by atoms with E-state index in [1.54, 1.807) is 7.11 Å². The van der Waals surface area contributed by atoms with Gasteiger partial charge in [-0.1, -0.05) is 40.2 Å². The van der Waals surface area contributed by atoms with Crippen molar-refractivity contribution >= 4 is 15.9 Å². The summed E-state index contributed by atoms with van der Waals surface area (Å²) < 4.78 is 6.35. The zero-order chi connectivity index (χ0) is 12.4. The van der Waals surface area contributed by atoms with Crippen molar-refractivity contribution < 1.29 is 4.74 Å². The fourth-order valence-electron chi connectivity index (χ4n) is 1.90. The van der Waals surface area contributed by atoms with Crippen molar-refractivity contribution in [1.29, 1.82) is 0 Å². The van der Waals surface area contributed by atoms with Gasteiger partial charge in [0.15, 0.2) is 0 Å². The molecule has 0 saturated carbocycles. The maximum absolute atomic E-state index is 5.16. The monoisotopic (exact) mass is 290 g/mol. The largest absolute Gasteiger partial charge is 0.497 e. The van der Waals surface area contributed by atoms with E-state index in [-0.39, 0.29) is 0 Å². The van der Waals surface area contributed by atoms with Gasteiger partial charge in [-0.15, -0.1) is 0 Å². The molecule has 0 unspecified atom stereocenters. The molecule has 0 saturated heterocycles. The molecule has 2 aromatic carbocycles. The zero-order valence-electron chi connectivity index (χ0n) is 10.3. The number of methoxy groups -OCH3 is 1. The summed E-state index contributed by atoms with van der Waals surface area (Å²) in [5, 5.41) is 0. The highest BCUT2D eigenvalue weighted by atomic mass is 79.9. The molecular weight excluding hydrogens is 276 g/mol. The molecule has 0 amide bonds.